The average Bonchev–Trinajstić information content (AvgIpc) is 2.38. The third-order valence-corrected chi connectivity index (χ3v) is 2.98. The van der Waals surface area contributed by atoms with E-state index < -0.39 is 0 Å². The van der Waals surface area contributed by atoms with Gasteiger partial charge in [-0.2, -0.15) is 0 Å². The minimum absolute atomic E-state index is 0.445. The predicted octanol–water partition coefficient (Wildman–Crippen LogP) is 2.79. The minimum atomic E-state index is 0.445. The van der Waals surface area contributed by atoms with Crippen LogP contribution in [-0.4, -0.2) is 22.6 Å². The lowest BCUT2D eigenvalue weighted by molar-refractivity contribution is 0.231. The van der Waals surface area contributed by atoms with Gasteiger partial charge in [-0.1, -0.05) is 40.5 Å². The Labute approximate surface area is 110 Å². The fourth-order valence-corrected chi connectivity index (χ4v) is 1.58. The van der Waals surface area contributed by atoms with Crippen molar-refractivity contribution in [3.8, 4) is 5.88 Å². The molecule has 102 valence electrons. The summed E-state index contributed by atoms with van der Waals surface area (Å²) in [4.78, 5) is 8.60. The van der Waals surface area contributed by atoms with Crippen molar-refractivity contribution in [3.05, 3.63) is 18.1 Å². The molecule has 1 heterocycles. The molecule has 1 aromatic rings. The van der Waals surface area contributed by atoms with Gasteiger partial charge in [-0.15, -0.1) is 0 Å². The molecule has 0 unspecified atom stereocenters. The van der Waals surface area contributed by atoms with Crippen molar-refractivity contribution >= 4 is 0 Å². The number of hydrogen-bond donors (Lipinski definition) is 1. The molecule has 1 N–H and O–H groups in total. The first-order valence-electron chi connectivity index (χ1n) is 6.82. The van der Waals surface area contributed by atoms with Gasteiger partial charge in [0.25, 0.3) is 0 Å². The molecule has 0 fully saturated rings. The zero-order valence-corrected chi connectivity index (χ0v) is 11.9. The van der Waals surface area contributed by atoms with Crippen molar-refractivity contribution in [1.82, 2.24) is 15.3 Å². The molecule has 0 amide bonds. The van der Waals surface area contributed by atoms with E-state index in [1.165, 1.54) is 0 Å². The topological polar surface area (TPSA) is 47.0 Å². The van der Waals surface area contributed by atoms with E-state index in [1.807, 2.05) is 0 Å². The number of ether oxygens (including phenoxy) is 1. The molecule has 1 rings (SSSR count). The summed E-state index contributed by atoms with van der Waals surface area (Å²) >= 11 is 0. The second-order valence-corrected chi connectivity index (χ2v) is 4.88. The van der Waals surface area contributed by atoms with Crippen LogP contribution in [0.25, 0.3) is 0 Å². The summed E-state index contributed by atoms with van der Waals surface area (Å²) in [7, 11) is 0. The Bertz CT molecular complexity index is 338. The molecule has 1 aromatic heterocycles. The summed E-state index contributed by atoms with van der Waals surface area (Å²) in [6.07, 6.45) is 5.73. The standard InChI is InChI=1S/C14H25N3O/c1-5-12(6-2)10-18-14-9-15-7-13(17-14)8-16-11(3)4/h7,9,11-12,16H,5-6,8,10H2,1-4H3. The third-order valence-electron chi connectivity index (χ3n) is 2.98. The molecular formula is C14H25N3O. The van der Waals surface area contributed by atoms with Gasteiger partial charge in [-0.05, 0) is 5.92 Å². The van der Waals surface area contributed by atoms with Gasteiger partial charge >= 0.3 is 0 Å². The summed E-state index contributed by atoms with van der Waals surface area (Å²) in [6.45, 7) is 10.1. The summed E-state index contributed by atoms with van der Waals surface area (Å²) in [5, 5.41) is 3.32. The van der Waals surface area contributed by atoms with Gasteiger partial charge in [0.15, 0.2) is 0 Å². The molecule has 0 aliphatic rings. The van der Waals surface area contributed by atoms with E-state index >= 15 is 0 Å². The van der Waals surface area contributed by atoms with Crippen LogP contribution in [0.2, 0.25) is 0 Å². The van der Waals surface area contributed by atoms with Crippen LogP contribution >= 0.6 is 0 Å². The first-order chi connectivity index (χ1) is 8.65. The molecule has 0 atom stereocenters. The van der Waals surface area contributed by atoms with Crippen LogP contribution in [0.15, 0.2) is 12.4 Å². The Morgan fingerprint density at radius 3 is 2.56 bits per heavy atom. The average molecular weight is 251 g/mol. The van der Waals surface area contributed by atoms with E-state index in [0.717, 1.165) is 31.7 Å². The van der Waals surface area contributed by atoms with Gasteiger partial charge in [0, 0.05) is 18.8 Å². The van der Waals surface area contributed by atoms with Crippen molar-refractivity contribution in [2.45, 2.75) is 53.1 Å². The zero-order valence-electron chi connectivity index (χ0n) is 11.9. The Morgan fingerprint density at radius 2 is 1.94 bits per heavy atom. The van der Waals surface area contributed by atoms with E-state index in [9.17, 15) is 0 Å². The highest BCUT2D eigenvalue weighted by Gasteiger charge is 2.06. The highest BCUT2D eigenvalue weighted by atomic mass is 16.5. The van der Waals surface area contributed by atoms with Gasteiger partial charge in [0.1, 0.15) is 0 Å². The molecule has 0 bridgehead atoms. The summed E-state index contributed by atoms with van der Waals surface area (Å²) in [5.41, 5.74) is 0.922. The van der Waals surface area contributed by atoms with Crippen LogP contribution in [0.5, 0.6) is 5.88 Å². The van der Waals surface area contributed by atoms with Crippen molar-refractivity contribution < 1.29 is 4.74 Å². The van der Waals surface area contributed by atoms with Gasteiger partial charge in [0.05, 0.1) is 18.5 Å². The van der Waals surface area contributed by atoms with Crippen molar-refractivity contribution in [2.24, 2.45) is 5.92 Å². The maximum Gasteiger partial charge on any atom is 0.232 e. The van der Waals surface area contributed by atoms with Crippen molar-refractivity contribution in [1.29, 1.82) is 0 Å². The molecule has 0 aliphatic heterocycles. The normalized spacial score (nSPS) is 11.2. The van der Waals surface area contributed by atoms with Crippen LogP contribution in [0.3, 0.4) is 0 Å². The maximum absolute atomic E-state index is 5.70. The minimum Gasteiger partial charge on any atom is -0.476 e. The first kappa shape index (κ1) is 14.9. The van der Waals surface area contributed by atoms with Gasteiger partial charge in [-0.3, -0.25) is 4.98 Å². The van der Waals surface area contributed by atoms with Gasteiger partial charge in [-0.25, -0.2) is 4.98 Å². The fourth-order valence-electron chi connectivity index (χ4n) is 1.58. The first-order valence-corrected chi connectivity index (χ1v) is 6.82. The number of rotatable bonds is 8. The predicted molar refractivity (Wildman–Crippen MR) is 73.6 cm³/mol. The molecule has 18 heavy (non-hydrogen) atoms. The van der Waals surface area contributed by atoms with Crippen LogP contribution in [0, 0.1) is 5.92 Å². The molecular weight excluding hydrogens is 226 g/mol. The highest BCUT2D eigenvalue weighted by molar-refractivity contribution is 5.08. The fraction of sp³-hybridized carbons (Fsp3) is 0.714. The molecule has 4 heteroatoms. The lowest BCUT2D eigenvalue weighted by Crippen LogP contribution is -2.22. The summed E-state index contributed by atoms with van der Waals surface area (Å²) in [5.74, 6) is 1.23. The van der Waals surface area contributed by atoms with Crippen LogP contribution in [-0.2, 0) is 6.54 Å². The van der Waals surface area contributed by atoms with E-state index in [4.69, 9.17) is 4.74 Å². The Morgan fingerprint density at radius 1 is 1.22 bits per heavy atom. The monoisotopic (exact) mass is 251 g/mol. The van der Waals surface area contributed by atoms with Gasteiger partial charge < -0.3 is 10.1 Å². The van der Waals surface area contributed by atoms with E-state index in [0.29, 0.717) is 17.8 Å². The molecule has 4 nitrogen and oxygen atoms in total. The summed E-state index contributed by atoms with van der Waals surface area (Å²) < 4.78 is 5.70. The highest BCUT2D eigenvalue weighted by Crippen LogP contribution is 2.11. The molecule has 0 spiro atoms. The van der Waals surface area contributed by atoms with Crippen LogP contribution in [0.4, 0.5) is 0 Å². The lowest BCUT2D eigenvalue weighted by Gasteiger charge is -2.13. The lowest BCUT2D eigenvalue weighted by atomic mass is 10.1. The number of hydrogen-bond acceptors (Lipinski definition) is 4. The zero-order chi connectivity index (χ0) is 13.4. The Kier molecular flexibility index (Phi) is 6.65. The second-order valence-electron chi connectivity index (χ2n) is 4.88. The Hall–Kier alpha value is -1.16. The van der Waals surface area contributed by atoms with Gasteiger partial charge in [0.2, 0.25) is 5.88 Å². The van der Waals surface area contributed by atoms with E-state index in [2.05, 4.69) is 43.0 Å². The Balaban J connectivity index is 2.48. The smallest absolute Gasteiger partial charge is 0.232 e. The number of nitrogens with zero attached hydrogens (tertiary/aromatic N) is 2. The van der Waals surface area contributed by atoms with Crippen LogP contribution < -0.4 is 10.1 Å². The third kappa shape index (κ3) is 5.45. The molecule has 0 saturated heterocycles. The van der Waals surface area contributed by atoms with Crippen molar-refractivity contribution in [2.75, 3.05) is 6.61 Å². The van der Waals surface area contributed by atoms with E-state index in [1.54, 1.807) is 12.4 Å². The second kappa shape index (κ2) is 8.03. The number of aromatic nitrogens is 2. The largest absolute Gasteiger partial charge is 0.476 e. The maximum atomic E-state index is 5.70. The molecule has 0 radical (unpaired) electrons. The van der Waals surface area contributed by atoms with Crippen LogP contribution in [0.1, 0.15) is 46.2 Å². The van der Waals surface area contributed by atoms with E-state index in [-0.39, 0.29) is 0 Å². The molecule has 0 saturated carbocycles. The number of nitrogens with one attached hydrogen (secondary N) is 1. The SMILES string of the molecule is CCC(CC)COc1cncc(CNC(C)C)n1. The quantitative estimate of drug-likeness (QED) is 0.771. The molecule has 0 aliphatic carbocycles. The molecule has 0 aromatic carbocycles. The van der Waals surface area contributed by atoms with Crippen molar-refractivity contribution in [3.63, 3.8) is 0 Å². The summed E-state index contributed by atoms with van der Waals surface area (Å²) in [6, 6.07) is 0.445.